The van der Waals surface area contributed by atoms with E-state index in [0.717, 1.165) is 12.0 Å². The van der Waals surface area contributed by atoms with Crippen molar-refractivity contribution >= 4 is 0 Å². The van der Waals surface area contributed by atoms with Gasteiger partial charge >= 0.3 is 0 Å². The van der Waals surface area contributed by atoms with Crippen LogP contribution in [0.25, 0.3) is 0 Å². The van der Waals surface area contributed by atoms with Crippen LogP contribution in [0.5, 0.6) is 0 Å². The minimum absolute atomic E-state index is 0.167. The van der Waals surface area contributed by atoms with Gasteiger partial charge in [0.25, 0.3) is 0 Å². The molecule has 2 nitrogen and oxygen atoms in total. The zero-order valence-electron chi connectivity index (χ0n) is 8.92. The van der Waals surface area contributed by atoms with Gasteiger partial charge in [-0.1, -0.05) is 12.1 Å². The molecule has 0 saturated heterocycles. The zero-order valence-corrected chi connectivity index (χ0v) is 8.92. The molecule has 1 aromatic rings. The third-order valence-corrected chi connectivity index (χ3v) is 1.91. The predicted molar refractivity (Wildman–Crippen MR) is 56.4 cm³/mol. The summed E-state index contributed by atoms with van der Waals surface area (Å²) in [7, 11) is 3.89. The van der Waals surface area contributed by atoms with Gasteiger partial charge in [-0.3, -0.25) is 10.4 Å². The third kappa shape index (κ3) is 3.85. The van der Waals surface area contributed by atoms with Crippen LogP contribution in [0, 0.1) is 5.82 Å². The van der Waals surface area contributed by atoms with Gasteiger partial charge in [0.15, 0.2) is 0 Å². The lowest BCUT2D eigenvalue weighted by molar-refractivity contribution is 0.249. The second-order valence-electron chi connectivity index (χ2n) is 3.76. The van der Waals surface area contributed by atoms with E-state index in [1.165, 1.54) is 6.07 Å². The normalized spacial score (nSPS) is 13.2. The van der Waals surface area contributed by atoms with Crippen LogP contribution in [-0.4, -0.2) is 25.1 Å². The standard InChI is InChI=1S/C11H17FN2/c1-9(13-14(2)3)7-10-5-4-6-11(12)8-10/h4-6,8-9,13H,7H2,1-3H3. The van der Waals surface area contributed by atoms with Crippen molar-refractivity contribution in [2.24, 2.45) is 0 Å². The molecule has 0 fully saturated rings. The van der Waals surface area contributed by atoms with Crippen LogP contribution in [0.1, 0.15) is 12.5 Å². The van der Waals surface area contributed by atoms with E-state index in [-0.39, 0.29) is 5.82 Å². The quantitative estimate of drug-likeness (QED) is 0.739. The number of nitrogens with one attached hydrogen (secondary N) is 1. The van der Waals surface area contributed by atoms with Crippen LogP contribution < -0.4 is 5.43 Å². The molecule has 1 N–H and O–H groups in total. The highest BCUT2D eigenvalue weighted by Gasteiger charge is 2.04. The molecule has 0 heterocycles. The molecule has 78 valence electrons. The molecule has 3 heteroatoms. The average molecular weight is 196 g/mol. The molecule has 0 radical (unpaired) electrons. The van der Waals surface area contributed by atoms with Crippen LogP contribution in [-0.2, 0) is 6.42 Å². The Morgan fingerprint density at radius 1 is 1.43 bits per heavy atom. The first-order valence-electron chi connectivity index (χ1n) is 4.76. The van der Waals surface area contributed by atoms with Crippen LogP contribution in [0.2, 0.25) is 0 Å². The second-order valence-corrected chi connectivity index (χ2v) is 3.76. The topological polar surface area (TPSA) is 15.3 Å². The van der Waals surface area contributed by atoms with Crippen LogP contribution in [0.4, 0.5) is 4.39 Å². The van der Waals surface area contributed by atoms with E-state index in [0.29, 0.717) is 6.04 Å². The van der Waals surface area contributed by atoms with E-state index in [1.54, 1.807) is 12.1 Å². The Morgan fingerprint density at radius 2 is 2.14 bits per heavy atom. The second kappa shape index (κ2) is 5.08. The fraction of sp³-hybridized carbons (Fsp3) is 0.455. The van der Waals surface area contributed by atoms with Gasteiger partial charge in [0.05, 0.1) is 0 Å². The molecule has 1 unspecified atom stereocenters. The fourth-order valence-corrected chi connectivity index (χ4v) is 1.50. The Labute approximate surface area is 84.7 Å². The lowest BCUT2D eigenvalue weighted by Crippen LogP contribution is -2.39. The maximum atomic E-state index is 12.8. The number of benzene rings is 1. The first-order chi connectivity index (χ1) is 6.58. The average Bonchev–Trinajstić information content (AvgIpc) is 2.01. The zero-order chi connectivity index (χ0) is 10.6. The first kappa shape index (κ1) is 11.1. The van der Waals surface area contributed by atoms with E-state index in [4.69, 9.17) is 0 Å². The molecule has 14 heavy (non-hydrogen) atoms. The molecular weight excluding hydrogens is 179 g/mol. The van der Waals surface area contributed by atoms with Crippen molar-refractivity contribution in [1.29, 1.82) is 0 Å². The van der Waals surface area contributed by atoms with Crippen molar-refractivity contribution in [3.05, 3.63) is 35.6 Å². The molecular formula is C11H17FN2. The van der Waals surface area contributed by atoms with Crippen molar-refractivity contribution in [3.8, 4) is 0 Å². The smallest absolute Gasteiger partial charge is 0.123 e. The van der Waals surface area contributed by atoms with Crippen molar-refractivity contribution in [2.75, 3.05) is 14.1 Å². The van der Waals surface area contributed by atoms with Gasteiger partial charge in [0.1, 0.15) is 5.82 Å². The fourth-order valence-electron chi connectivity index (χ4n) is 1.50. The van der Waals surface area contributed by atoms with Gasteiger partial charge in [0.2, 0.25) is 0 Å². The Hall–Kier alpha value is -0.930. The molecule has 1 atom stereocenters. The summed E-state index contributed by atoms with van der Waals surface area (Å²) in [6, 6.07) is 7.04. The van der Waals surface area contributed by atoms with Crippen molar-refractivity contribution in [2.45, 2.75) is 19.4 Å². The summed E-state index contributed by atoms with van der Waals surface area (Å²) in [5.74, 6) is -0.167. The maximum Gasteiger partial charge on any atom is 0.123 e. The molecule has 0 spiro atoms. The molecule has 0 aromatic heterocycles. The molecule has 1 rings (SSSR count). The molecule has 1 aromatic carbocycles. The monoisotopic (exact) mass is 196 g/mol. The SMILES string of the molecule is CC(Cc1cccc(F)c1)NN(C)C. The summed E-state index contributed by atoms with van der Waals surface area (Å²) in [5, 5.41) is 1.91. The largest absolute Gasteiger partial charge is 0.253 e. The summed E-state index contributed by atoms with van der Waals surface area (Å²) < 4.78 is 12.8. The van der Waals surface area contributed by atoms with Gasteiger partial charge in [0, 0.05) is 20.1 Å². The van der Waals surface area contributed by atoms with Crippen molar-refractivity contribution in [3.63, 3.8) is 0 Å². The highest BCUT2D eigenvalue weighted by molar-refractivity contribution is 5.17. The van der Waals surface area contributed by atoms with E-state index >= 15 is 0 Å². The lowest BCUT2D eigenvalue weighted by atomic mass is 10.1. The number of hydrazine groups is 1. The van der Waals surface area contributed by atoms with E-state index in [9.17, 15) is 4.39 Å². The minimum Gasteiger partial charge on any atom is -0.253 e. The molecule has 0 aliphatic carbocycles. The third-order valence-electron chi connectivity index (χ3n) is 1.91. The number of hydrogen-bond donors (Lipinski definition) is 1. The number of halogens is 1. The van der Waals surface area contributed by atoms with E-state index in [1.807, 2.05) is 25.2 Å². The van der Waals surface area contributed by atoms with Gasteiger partial charge in [-0.15, -0.1) is 0 Å². The highest BCUT2D eigenvalue weighted by atomic mass is 19.1. The van der Waals surface area contributed by atoms with Gasteiger partial charge in [-0.05, 0) is 31.0 Å². The van der Waals surface area contributed by atoms with E-state index in [2.05, 4.69) is 12.3 Å². The predicted octanol–water partition coefficient (Wildman–Crippen LogP) is 1.82. The lowest BCUT2D eigenvalue weighted by Gasteiger charge is -2.19. The molecule has 0 amide bonds. The van der Waals surface area contributed by atoms with E-state index < -0.39 is 0 Å². The van der Waals surface area contributed by atoms with Crippen LogP contribution in [0.15, 0.2) is 24.3 Å². The Bertz CT molecular complexity index is 286. The van der Waals surface area contributed by atoms with Crippen molar-refractivity contribution in [1.82, 2.24) is 10.4 Å². The summed E-state index contributed by atoms with van der Waals surface area (Å²) in [6.07, 6.45) is 0.829. The minimum atomic E-state index is -0.167. The van der Waals surface area contributed by atoms with Gasteiger partial charge in [-0.25, -0.2) is 4.39 Å². The molecule has 0 bridgehead atoms. The summed E-state index contributed by atoms with van der Waals surface area (Å²) in [4.78, 5) is 0. The Morgan fingerprint density at radius 3 is 2.71 bits per heavy atom. The van der Waals surface area contributed by atoms with Crippen LogP contribution >= 0.6 is 0 Å². The van der Waals surface area contributed by atoms with Gasteiger partial charge in [-0.2, -0.15) is 0 Å². The summed E-state index contributed by atoms with van der Waals surface area (Å²) in [5.41, 5.74) is 4.24. The Kier molecular flexibility index (Phi) is 4.04. The number of rotatable bonds is 4. The number of nitrogens with zero attached hydrogens (tertiary/aromatic N) is 1. The molecule has 0 aliphatic heterocycles. The summed E-state index contributed by atoms with van der Waals surface area (Å²) >= 11 is 0. The first-order valence-corrected chi connectivity index (χ1v) is 4.76. The highest BCUT2D eigenvalue weighted by Crippen LogP contribution is 2.06. The summed E-state index contributed by atoms with van der Waals surface area (Å²) in [6.45, 7) is 2.07. The van der Waals surface area contributed by atoms with Crippen LogP contribution in [0.3, 0.4) is 0 Å². The number of hydrogen-bond acceptors (Lipinski definition) is 2. The van der Waals surface area contributed by atoms with Crippen molar-refractivity contribution < 1.29 is 4.39 Å². The van der Waals surface area contributed by atoms with Gasteiger partial charge < -0.3 is 0 Å². The Balaban J connectivity index is 2.51. The maximum absolute atomic E-state index is 12.8. The molecule has 0 aliphatic rings. The molecule has 0 saturated carbocycles.